The molecule has 11 heteroatoms. The van der Waals surface area contributed by atoms with Crippen molar-refractivity contribution >= 4 is 16.8 Å². The first kappa shape index (κ1) is 20.4. The highest BCUT2D eigenvalue weighted by atomic mass is 19.4. The average molecular weight is 409 g/mol. The van der Waals surface area contributed by atoms with Gasteiger partial charge in [-0.15, -0.1) is 0 Å². The molecule has 29 heavy (non-hydrogen) atoms. The first-order valence-corrected chi connectivity index (χ1v) is 8.64. The number of carbonyl (C=O) groups excluding carboxylic acids is 1. The Morgan fingerprint density at radius 2 is 2.07 bits per heavy atom. The maximum Gasteiger partial charge on any atom is 0.422 e. The molecule has 0 aliphatic heterocycles. The molecule has 0 unspecified atom stereocenters. The lowest BCUT2D eigenvalue weighted by Crippen LogP contribution is -2.23. The molecule has 1 amide bonds. The molecule has 0 spiro atoms. The van der Waals surface area contributed by atoms with E-state index in [2.05, 4.69) is 25.1 Å². The first-order chi connectivity index (χ1) is 13.8. The molecule has 0 saturated heterocycles. The second kappa shape index (κ2) is 8.33. The molecule has 0 aromatic carbocycles. The van der Waals surface area contributed by atoms with Crippen LogP contribution in [0.15, 0.2) is 30.6 Å². The SMILES string of the molecule is CCNC(=O)c1nccc2nn(Cc3ccc(OCC(F)(F)F)nc3OC)cc12. The molecule has 0 aliphatic rings. The summed E-state index contributed by atoms with van der Waals surface area (Å²) in [6.45, 7) is 1.06. The first-order valence-electron chi connectivity index (χ1n) is 8.64. The van der Waals surface area contributed by atoms with E-state index in [0.29, 0.717) is 23.0 Å². The Bertz CT molecular complexity index is 1020. The average Bonchev–Trinajstić information content (AvgIpc) is 3.09. The van der Waals surface area contributed by atoms with Crippen LogP contribution in [0.3, 0.4) is 0 Å². The number of fused-ring (bicyclic) bond motifs is 1. The summed E-state index contributed by atoms with van der Waals surface area (Å²) in [5, 5.41) is 7.69. The maximum absolute atomic E-state index is 12.3. The van der Waals surface area contributed by atoms with Gasteiger partial charge in [-0.25, -0.2) is 0 Å². The van der Waals surface area contributed by atoms with E-state index in [0.717, 1.165) is 0 Å². The summed E-state index contributed by atoms with van der Waals surface area (Å²) >= 11 is 0. The number of hydrogen-bond donors (Lipinski definition) is 1. The van der Waals surface area contributed by atoms with Crippen LogP contribution in [-0.2, 0) is 6.54 Å². The van der Waals surface area contributed by atoms with E-state index in [1.807, 2.05) is 6.92 Å². The summed E-state index contributed by atoms with van der Waals surface area (Å²) in [6.07, 6.45) is -1.29. The number of rotatable bonds is 7. The second-order valence-electron chi connectivity index (χ2n) is 6.00. The zero-order valence-corrected chi connectivity index (χ0v) is 15.7. The van der Waals surface area contributed by atoms with E-state index in [9.17, 15) is 18.0 Å². The molecule has 8 nitrogen and oxygen atoms in total. The second-order valence-corrected chi connectivity index (χ2v) is 6.00. The van der Waals surface area contributed by atoms with Gasteiger partial charge in [0.1, 0.15) is 5.69 Å². The number of aromatic nitrogens is 4. The number of alkyl halides is 3. The summed E-state index contributed by atoms with van der Waals surface area (Å²) < 4.78 is 48.3. The van der Waals surface area contributed by atoms with Crippen LogP contribution in [0.4, 0.5) is 13.2 Å². The van der Waals surface area contributed by atoms with Crippen molar-refractivity contribution < 1.29 is 27.4 Å². The summed E-state index contributed by atoms with van der Waals surface area (Å²) in [6, 6.07) is 4.56. The summed E-state index contributed by atoms with van der Waals surface area (Å²) in [5.41, 5.74) is 1.42. The van der Waals surface area contributed by atoms with E-state index >= 15 is 0 Å². The topological polar surface area (TPSA) is 91.2 Å². The predicted octanol–water partition coefficient (Wildman–Crippen LogP) is 2.57. The van der Waals surface area contributed by atoms with Gasteiger partial charge in [0, 0.05) is 30.6 Å². The third-order valence-electron chi connectivity index (χ3n) is 3.86. The minimum absolute atomic E-state index is 0.117. The van der Waals surface area contributed by atoms with Crippen LogP contribution in [0.2, 0.25) is 0 Å². The van der Waals surface area contributed by atoms with Crippen LogP contribution in [0, 0.1) is 0 Å². The number of nitrogens with one attached hydrogen (secondary N) is 1. The zero-order chi connectivity index (χ0) is 21.0. The van der Waals surface area contributed by atoms with Crippen molar-refractivity contribution in [3.8, 4) is 11.8 Å². The van der Waals surface area contributed by atoms with Crippen molar-refractivity contribution in [3.05, 3.63) is 41.9 Å². The third kappa shape index (κ3) is 4.92. The van der Waals surface area contributed by atoms with Crippen molar-refractivity contribution in [1.29, 1.82) is 0 Å². The number of nitrogens with zero attached hydrogens (tertiary/aromatic N) is 4. The van der Waals surface area contributed by atoms with Gasteiger partial charge in [0.25, 0.3) is 5.91 Å². The van der Waals surface area contributed by atoms with Gasteiger partial charge in [-0.1, -0.05) is 0 Å². The largest absolute Gasteiger partial charge is 0.481 e. The number of carbonyl (C=O) groups is 1. The van der Waals surface area contributed by atoms with E-state index < -0.39 is 12.8 Å². The van der Waals surface area contributed by atoms with Crippen LogP contribution < -0.4 is 14.8 Å². The van der Waals surface area contributed by atoms with Gasteiger partial charge in [0.05, 0.1) is 24.6 Å². The Morgan fingerprint density at radius 3 is 2.76 bits per heavy atom. The summed E-state index contributed by atoms with van der Waals surface area (Å²) in [7, 11) is 1.36. The van der Waals surface area contributed by atoms with E-state index in [4.69, 9.17) is 4.74 Å². The van der Waals surface area contributed by atoms with E-state index in [1.165, 1.54) is 19.4 Å². The van der Waals surface area contributed by atoms with Gasteiger partial charge in [0.2, 0.25) is 11.8 Å². The van der Waals surface area contributed by atoms with Crippen LogP contribution in [-0.4, -0.2) is 52.1 Å². The van der Waals surface area contributed by atoms with Crippen molar-refractivity contribution in [3.63, 3.8) is 0 Å². The smallest absolute Gasteiger partial charge is 0.422 e. The lowest BCUT2D eigenvalue weighted by Gasteiger charge is -2.11. The monoisotopic (exact) mass is 409 g/mol. The van der Waals surface area contributed by atoms with Gasteiger partial charge in [-0.2, -0.15) is 23.3 Å². The minimum Gasteiger partial charge on any atom is -0.481 e. The van der Waals surface area contributed by atoms with E-state index in [-0.39, 0.29) is 29.9 Å². The normalized spacial score (nSPS) is 11.5. The molecule has 154 valence electrons. The molecule has 0 aliphatic carbocycles. The maximum atomic E-state index is 12.3. The minimum atomic E-state index is -4.46. The zero-order valence-electron chi connectivity index (χ0n) is 15.7. The Balaban J connectivity index is 1.85. The highest BCUT2D eigenvalue weighted by molar-refractivity contribution is 6.04. The Hall–Kier alpha value is -3.37. The Morgan fingerprint density at radius 1 is 1.28 bits per heavy atom. The highest BCUT2D eigenvalue weighted by Gasteiger charge is 2.28. The molecular weight excluding hydrogens is 391 g/mol. The molecule has 3 aromatic heterocycles. The molecule has 0 fully saturated rings. The molecule has 0 atom stereocenters. The number of amides is 1. The van der Waals surface area contributed by atoms with Gasteiger partial charge in [0.15, 0.2) is 6.61 Å². The Kier molecular flexibility index (Phi) is 5.85. The highest BCUT2D eigenvalue weighted by Crippen LogP contribution is 2.24. The fraction of sp³-hybridized carbons (Fsp3) is 0.333. The third-order valence-corrected chi connectivity index (χ3v) is 3.86. The molecule has 3 aromatic rings. The summed E-state index contributed by atoms with van der Waals surface area (Å²) in [4.78, 5) is 20.2. The van der Waals surface area contributed by atoms with Crippen molar-refractivity contribution in [2.24, 2.45) is 0 Å². The van der Waals surface area contributed by atoms with Crippen LogP contribution in [0.5, 0.6) is 11.8 Å². The fourth-order valence-electron chi connectivity index (χ4n) is 2.66. The van der Waals surface area contributed by atoms with Gasteiger partial charge >= 0.3 is 6.18 Å². The van der Waals surface area contributed by atoms with Crippen molar-refractivity contribution in [2.75, 3.05) is 20.3 Å². The van der Waals surface area contributed by atoms with Crippen molar-refractivity contribution in [2.45, 2.75) is 19.6 Å². The molecule has 3 rings (SSSR count). The van der Waals surface area contributed by atoms with Gasteiger partial charge in [-0.05, 0) is 19.1 Å². The standard InChI is InChI=1S/C18H18F3N5O3/c1-3-22-16(27)15-12-9-26(25-13(12)6-7-23-15)8-11-4-5-14(24-17(11)28-2)29-10-18(19,20)21/h4-7,9H,3,8,10H2,1-2H3,(H,22,27). The quantitative estimate of drug-likeness (QED) is 0.645. The van der Waals surface area contributed by atoms with Gasteiger partial charge in [-0.3, -0.25) is 14.5 Å². The van der Waals surface area contributed by atoms with Crippen LogP contribution in [0.25, 0.3) is 10.9 Å². The number of methoxy groups -OCH3 is 1. The molecule has 0 saturated carbocycles. The number of hydrogen-bond acceptors (Lipinski definition) is 6. The molecule has 3 heterocycles. The predicted molar refractivity (Wildman–Crippen MR) is 97.0 cm³/mol. The lowest BCUT2D eigenvalue weighted by atomic mass is 10.2. The van der Waals surface area contributed by atoms with E-state index in [1.54, 1.807) is 23.0 Å². The van der Waals surface area contributed by atoms with Gasteiger partial charge < -0.3 is 14.8 Å². The number of ether oxygens (including phenoxy) is 2. The molecule has 0 radical (unpaired) electrons. The molecular formula is C18H18F3N5O3. The Labute approximate surface area is 163 Å². The molecule has 1 N–H and O–H groups in total. The number of halogens is 3. The molecule has 0 bridgehead atoms. The van der Waals surface area contributed by atoms with Crippen LogP contribution in [0.1, 0.15) is 23.0 Å². The lowest BCUT2D eigenvalue weighted by molar-refractivity contribution is -0.154. The summed E-state index contributed by atoms with van der Waals surface area (Å²) in [5.74, 6) is -0.384. The van der Waals surface area contributed by atoms with Crippen molar-refractivity contribution in [1.82, 2.24) is 25.1 Å². The van der Waals surface area contributed by atoms with Crippen LogP contribution >= 0.6 is 0 Å². The number of pyridine rings is 2. The fourth-order valence-corrected chi connectivity index (χ4v) is 2.66.